The minimum Gasteiger partial charge on any atom is -0.466 e. The summed E-state index contributed by atoms with van der Waals surface area (Å²) in [6.45, 7) is 5.76. The van der Waals surface area contributed by atoms with E-state index in [1.54, 1.807) is 0 Å². The molecule has 44 heavy (non-hydrogen) atoms. The smallest absolute Gasteiger partial charge is 0.334 e. The van der Waals surface area contributed by atoms with Gasteiger partial charge >= 0.3 is 23.9 Å². The molecule has 0 aromatic heterocycles. The fraction of sp³-hybridized carbons (Fsp3) is 0.886. The highest BCUT2D eigenvalue weighted by Crippen LogP contribution is 2.10. The Balaban J connectivity index is 3.57. The highest BCUT2D eigenvalue weighted by atomic mass is 16.6. The SMILES string of the molecule is CCCCCCCCCOC(=O)CCCCCOC(=O)CCC(O)C(=O)OCCCCCC(=O)OCCCCCCCCC. The summed E-state index contributed by atoms with van der Waals surface area (Å²) in [5.41, 5.74) is 0. The van der Waals surface area contributed by atoms with Crippen molar-refractivity contribution in [3.63, 3.8) is 0 Å². The Bertz CT molecular complexity index is 710. The Morgan fingerprint density at radius 2 is 0.750 bits per heavy atom. The lowest BCUT2D eigenvalue weighted by Crippen LogP contribution is -2.24. The third-order valence-electron chi connectivity index (χ3n) is 7.47. The molecule has 0 aliphatic heterocycles. The lowest BCUT2D eigenvalue weighted by atomic mass is 10.1. The minimum atomic E-state index is -1.38. The Hall–Kier alpha value is -2.16. The number of unbranched alkanes of at least 4 members (excludes halogenated alkanes) is 16. The lowest BCUT2D eigenvalue weighted by Gasteiger charge is -2.11. The summed E-state index contributed by atoms with van der Waals surface area (Å²) < 4.78 is 20.7. The molecule has 258 valence electrons. The van der Waals surface area contributed by atoms with Gasteiger partial charge in [0.05, 0.1) is 26.4 Å². The topological polar surface area (TPSA) is 125 Å². The van der Waals surface area contributed by atoms with Crippen molar-refractivity contribution in [2.24, 2.45) is 0 Å². The number of carbonyl (C=O) groups excluding carboxylic acids is 4. The lowest BCUT2D eigenvalue weighted by molar-refractivity contribution is -0.155. The summed E-state index contributed by atoms with van der Waals surface area (Å²) in [5.74, 6) is -1.61. The van der Waals surface area contributed by atoms with Crippen LogP contribution in [0, 0.1) is 0 Å². The number of aliphatic hydroxyl groups excluding tert-OH is 1. The zero-order valence-electron chi connectivity index (χ0n) is 28.1. The second-order valence-corrected chi connectivity index (χ2v) is 11.7. The van der Waals surface area contributed by atoms with E-state index in [4.69, 9.17) is 18.9 Å². The minimum absolute atomic E-state index is 0.0627. The summed E-state index contributed by atoms with van der Waals surface area (Å²) in [6, 6.07) is 0. The molecular weight excluding hydrogens is 564 g/mol. The van der Waals surface area contributed by atoms with Crippen LogP contribution in [0.15, 0.2) is 0 Å². The van der Waals surface area contributed by atoms with Gasteiger partial charge in [-0.2, -0.15) is 0 Å². The van der Waals surface area contributed by atoms with Crippen LogP contribution < -0.4 is 0 Å². The summed E-state index contributed by atoms with van der Waals surface area (Å²) >= 11 is 0. The van der Waals surface area contributed by atoms with Crippen molar-refractivity contribution in [1.29, 1.82) is 0 Å². The fourth-order valence-electron chi connectivity index (χ4n) is 4.63. The monoisotopic (exact) mass is 628 g/mol. The van der Waals surface area contributed by atoms with Crippen LogP contribution in [0.3, 0.4) is 0 Å². The number of esters is 4. The molecule has 0 amide bonds. The number of ether oxygens (including phenoxy) is 4. The van der Waals surface area contributed by atoms with Crippen molar-refractivity contribution in [3.8, 4) is 0 Å². The van der Waals surface area contributed by atoms with E-state index in [9.17, 15) is 24.3 Å². The number of rotatable bonds is 32. The van der Waals surface area contributed by atoms with E-state index in [2.05, 4.69) is 13.8 Å². The van der Waals surface area contributed by atoms with E-state index in [0.29, 0.717) is 58.2 Å². The van der Waals surface area contributed by atoms with E-state index in [1.807, 2.05) is 0 Å². The van der Waals surface area contributed by atoms with Crippen molar-refractivity contribution in [1.82, 2.24) is 0 Å². The Kier molecular flexibility index (Phi) is 30.7. The van der Waals surface area contributed by atoms with Crippen molar-refractivity contribution in [2.45, 2.75) is 174 Å². The van der Waals surface area contributed by atoms with Crippen LogP contribution in [0.25, 0.3) is 0 Å². The predicted octanol–water partition coefficient (Wildman–Crippen LogP) is 7.92. The molecule has 0 bridgehead atoms. The fourth-order valence-corrected chi connectivity index (χ4v) is 4.63. The summed E-state index contributed by atoms with van der Waals surface area (Å²) in [5, 5.41) is 9.96. The van der Waals surface area contributed by atoms with Crippen LogP contribution in [0.5, 0.6) is 0 Å². The summed E-state index contributed by atoms with van der Waals surface area (Å²) in [6.07, 6.45) is 19.7. The molecule has 0 aliphatic carbocycles. The van der Waals surface area contributed by atoms with Gasteiger partial charge in [0, 0.05) is 19.3 Å². The van der Waals surface area contributed by atoms with Gasteiger partial charge in [0.25, 0.3) is 0 Å². The first kappa shape index (κ1) is 41.8. The largest absolute Gasteiger partial charge is 0.466 e. The van der Waals surface area contributed by atoms with Crippen molar-refractivity contribution >= 4 is 23.9 Å². The van der Waals surface area contributed by atoms with Crippen LogP contribution in [0.2, 0.25) is 0 Å². The second-order valence-electron chi connectivity index (χ2n) is 11.7. The van der Waals surface area contributed by atoms with Crippen molar-refractivity contribution < 1.29 is 43.2 Å². The highest BCUT2D eigenvalue weighted by Gasteiger charge is 2.18. The number of hydrogen-bond donors (Lipinski definition) is 1. The van der Waals surface area contributed by atoms with Gasteiger partial charge in [-0.05, 0) is 57.8 Å². The average molecular weight is 629 g/mol. The van der Waals surface area contributed by atoms with Crippen LogP contribution in [-0.4, -0.2) is 61.5 Å². The molecular formula is C35H64O9. The Labute approximate surface area is 267 Å². The first-order valence-corrected chi connectivity index (χ1v) is 17.7. The van der Waals surface area contributed by atoms with Gasteiger partial charge in [-0.3, -0.25) is 14.4 Å². The molecule has 0 saturated heterocycles. The van der Waals surface area contributed by atoms with Gasteiger partial charge in [0.15, 0.2) is 6.10 Å². The van der Waals surface area contributed by atoms with Crippen LogP contribution in [-0.2, 0) is 38.1 Å². The van der Waals surface area contributed by atoms with Crippen LogP contribution >= 0.6 is 0 Å². The molecule has 0 spiro atoms. The Morgan fingerprint density at radius 1 is 0.432 bits per heavy atom. The molecule has 0 aromatic rings. The Morgan fingerprint density at radius 3 is 1.16 bits per heavy atom. The normalized spacial score (nSPS) is 11.6. The highest BCUT2D eigenvalue weighted by molar-refractivity contribution is 5.76. The van der Waals surface area contributed by atoms with Gasteiger partial charge in [0.2, 0.25) is 0 Å². The van der Waals surface area contributed by atoms with E-state index in [-0.39, 0.29) is 38.0 Å². The van der Waals surface area contributed by atoms with Gasteiger partial charge < -0.3 is 24.1 Å². The molecule has 0 aliphatic rings. The maximum Gasteiger partial charge on any atom is 0.334 e. The number of hydrogen-bond acceptors (Lipinski definition) is 9. The van der Waals surface area contributed by atoms with E-state index >= 15 is 0 Å². The molecule has 1 N–H and O–H groups in total. The molecule has 0 saturated carbocycles. The second kappa shape index (κ2) is 32.2. The van der Waals surface area contributed by atoms with Crippen LogP contribution in [0.4, 0.5) is 0 Å². The first-order chi connectivity index (χ1) is 21.4. The zero-order chi connectivity index (χ0) is 32.5. The maximum absolute atomic E-state index is 11.9. The molecule has 0 radical (unpaired) electrons. The molecule has 0 heterocycles. The number of aliphatic hydroxyl groups is 1. The molecule has 0 rings (SSSR count). The zero-order valence-corrected chi connectivity index (χ0v) is 28.1. The van der Waals surface area contributed by atoms with Gasteiger partial charge in [-0.1, -0.05) is 90.9 Å². The third kappa shape index (κ3) is 29.9. The summed E-state index contributed by atoms with van der Waals surface area (Å²) in [7, 11) is 0. The standard InChI is InChI=1S/C35H64O9/c1-3-5-7-9-11-13-19-27-41-32(37)23-17-15-21-29-43-34(39)26-25-31(36)35(40)44-30-22-16-18-24-33(38)42-28-20-14-12-10-8-6-4-2/h31,36H,3-30H2,1-2H3. The molecule has 1 atom stereocenters. The molecule has 1 unspecified atom stereocenters. The third-order valence-corrected chi connectivity index (χ3v) is 7.47. The van der Waals surface area contributed by atoms with Crippen molar-refractivity contribution in [3.05, 3.63) is 0 Å². The molecule has 0 fully saturated rings. The van der Waals surface area contributed by atoms with E-state index < -0.39 is 18.0 Å². The first-order valence-electron chi connectivity index (χ1n) is 17.7. The number of carbonyl (C=O) groups is 4. The van der Waals surface area contributed by atoms with Crippen molar-refractivity contribution in [2.75, 3.05) is 26.4 Å². The summed E-state index contributed by atoms with van der Waals surface area (Å²) in [4.78, 5) is 47.4. The molecule has 9 nitrogen and oxygen atoms in total. The predicted molar refractivity (Wildman–Crippen MR) is 172 cm³/mol. The van der Waals surface area contributed by atoms with Crippen LogP contribution in [0.1, 0.15) is 168 Å². The van der Waals surface area contributed by atoms with E-state index in [0.717, 1.165) is 32.1 Å². The quantitative estimate of drug-likeness (QED) is 0.0449. The average Bonchev–Trinajstić information content (AvgIpc) is 3.01. The van der Waals surface area contributed by atoms with Gasteiger partial charge in [0.1, 0.15) is 0 Å². The maximum atomic E-state index is 11.9. The van der Waals surface area contributed by atoms with E-state index in [1.165, 1.54) is 64.2 Å². The molecule has 0 aromatic carbocycles. The molecule has 9 heteroatoms. The van der Waals surface area contributed by atoms with Gasteiger partial charge in [-0.15, -0.1) is 0 Å². The van der Waals surface area contributed by atoms with Gasteiger partial charge in [-0.25, -0.2) is 4.79 Å².